The first-order valence-electron chi connectivity index (χ1n) is 10.2. The lowest BCUT2D eigenvalue weighted by atomic mass is 10.1. The molecule has 1 aromatic carbocycles. The summed E-state index contributed by atoms with van der Waals surface area (Å²) in [5.41, 5.74) is 0.931. The molecular weight excluding hydrogens is 380 g/mol. The zero-order valence-electron chi connectivity index (χ0n) is 18.4. The Balaban J connectivity index is -0.000000563. The van der Waals surface area contributed by atoms with Crippen molar-refractivity contribution in [2.24, 2.45) is 0 Å². The van der Waals surface area contributed by atoms with Crippen molar-refractivity contribution in [3.05, 3.63) is 48.6 Å². The van der Waals surface area contributed by atoms with Crippen LogP contribution in [0.5, 0.6) is 0 Å². The lowest BCUT2D eigenvalue weighted by Gasteiger charge is -2.08. The number of carbonyl (C=O) groups is 3. The molecule has 1 heterocycles. The zero-order chi connectivity index (χ0) is 22.3. The number of allylic oxidation sites excluding steroid dienone is 1. The van der Waals surface area contributed by atoms with Gasteiger partial charge in [-0.3, -0.25) is 14.4 Å². The van der Waals surface area contributed by atoms with Crippen molar-refractivity contribution in [3.63, 3.8) is 0 Å². The number of hydrogen-bond acceptors (Lipinski definition) is 5. The SMILES string of the molecule is C.C=CCC.CC.CNC=O.O=C(CC(=O)OCc1ccccc1)CC1CCCN1. The molecule has 172 valence electrons. The molecule has 0 saturated carbocycles. The van der Waals surface area contributed by atoms with Gasteiger partial charge in [0.05, 0.1) is 0 Å². The molecule has 1 unspecified atom stereocenters. The van der Waals surface area contributed by atoms with E-state index >= 15 is 0 Å². The third kappa shape index (κ3) is 20.3. The minimum absolute atomic E-state index is 0. The Hall–Kier alpha value is -2.47. The van der Waals surface area contributed by atoms with Crippen molar-refractivity contribution in [3.8, 4) is 0 Å². The van der Waals surface area contributed by atoms with Gasteiger partial charge in [-0.1, -0.05) is 64.6 Å². The van der Waals surface area contributed by atoms with Crippen LogP contribution in [0, 0.1) is 0 Å². The highest BCUT2D eigenvalue weighted by atomic mass is 16.5. The number of amides is 1. The van der Waals surface area contributed by atoms with Crippen LogP contribution in [0.3, 0.4) is 0 Å². The molecule has 0 aromatic heterocycles. The summed E-state index contributed by atoms with van der Waals surface area (Å²) >= 11 is 0. The molecule has 0 radical (unpaired) electrons. The topological polar surface area (TPSA) is 84.5 Å². The van der Waals surface area contributed by atoms with Gasteiger partial charge in [-0.2, -0.15) is 0 Å². The summed E-state index contributed by atoms with van der Waals surface area (Å²) in [7, 11) is 1.56. The number of ketones is 1. The second-order valence-corrected chi connectivity index (χ2v) is 5.96. The molecule has 0 bridgehead atoms. The standard InChI is InChI=1S/C15H19NO3.C4H8.C2H5NO.C2H6.CH4/c17-14(9-13-7-4-8-16-13)10-15(18)19-11-12-5-2-1-3-6-12;1-3-4-2;1-3-2-4;1-2;/h1-3,5-6,13,16H,4,7-11H2;3H,1,4H2,2H3;2H,1H3,(H,3,4);1-2H3;1H4. The van der Waals surface area contributed by atoms with Crippen molar-refractivity contribution in [1.82, 2.24) is 10.6 Å². The number of hydrogen-bond donors (Lipinski definition) is 2. The van der Waals surface area contributed by atoms with E-state index in [2.05, 4.69) is 24.1 Å². The van der Waals surface area contributed by atoms with Crippen LogP contribution < -0.4 is 10.6 Å². The highest BCUT2D eigenvalue weighted by Gasteiger charge is 2.19. The Morgan fingerprint density at radius 3 is 2.27 bits per heavy atom. The van der Waals surface area contributed by atoms with Crippen molar-refractivity contribution in [2.45, 2.75) is 73.0 Å². The van der Waals surface area contributed by atoms with Gasteiger partial charge < -0.3 is 15.4 Å². The van der Waals surface area contributed by atoms with Gasteiger partial charge in [0, 0.05) is 19.5 Å². The molecule has 1 atom stereocenters. The van der Waals surface area contributed by atoms with Gasteiger partial charge in [0.15, 0.2) is 0 Å². The summed E-state index contributed by atoms with van der Waals surface area (Å²) in [6.07, 6.45) is 6.02. The Kier molecular flexibility index (Phi) is 26.4. The van der Waals surface area contributed by atoms with Crippen molar-refractivity contribution in [2.75, 3.05) is 13.6 Å². The normalized spacial score (nSPS) is 13.3. The second-order valence-electron chi connectivity index (χ2n) is 5.96. The number of ether oxygens (including phenoxy) is 1. The van der Waals surface area contributed by atoms with E-state index in [1.54, 1.807) is 7.05 Å². The molecule has 6 nitrogen and oxygen atoms in total. The van der Waals surface area contributed by atoms with Gasteiger partial charge in [-0.25, -0.2) is 0 Å². The third-order valence-electron chi connectivity index (χ3n) is 3.63. The monoisotopic (exact) mass is 422 g/mol. The Bertz CT molecular complexity index is 533. The predicted molar refractivity (Wildman–Crippen MR) is 125 cm³/mol. The van der Waals surface area contributed by atoms with Crippen LogP contribution in [0.4, 0.5) is 0 Å². The van der Waals surface area contributed by atoms with E-state index in [0.29, 0.717) is 12.8 Å². The van der Waals surface area contributed by atoms with E-state index < -0.39 is 5.97 Å². The molecule has 1 saturated heterocycles. The summed E-state index contributed by atoms with van der Waals surface area (Å²) in [4.78, 5) is 32.3. The van der Waals surface area contributed by atoms with Crippen molar-refractivity contribution in [1.29, 1.82) is 0 Å². The maximum absolute atomic E-state index is 11.7. The summed E-state index contributed by atoms with van der Waals surface area (Å²) in [5, 5.41) is 5.50. The Labute approximate surface area is 183 Å². The van der Waals surface area contributed by atoms with Crippen LogP contribution in [-0.2, 0) is 25.7 Å². The quantitative estimate of drug-likeness (QED) is 0.280. The molecule has 0 spiro atoms. The number of carbonyl (C=O) groups excluding carboxylic acids is 3. The van der Waals surface area contributed by atoms with Crippen LogP contribution >= 0.6 is 0 Å². The van der Waals surface area contributed by atoms with E-state index in [0.717, 1.165) is 31.4 Å². The molecule has 2 N–H and O–H groups in total. The van der Waals surface area contributed by atoms with Crippen LogP contribution in [0.2, 0.25) is 0 Å². The molecule has 0 aliphatic carbocycles. The largest absolute Gasteiger partial charge is 0.460 e. The highest BCUT2D eigenvalue weighted by molar-refractivity contribution is 5.95. The summed E-state index contributed by atoms with van der Waals surface area (Å²) in [5.74, 6) is -0.482. The van der Waals surface area contributed by atoms with Gasteiger partial charge in [0.2, 0.25) is 6.41 Å². The van der Waals surface area contributed by atoms with E-state index in [-0.39, 0.29) is 32.3 Å². The summed E-state index contributed by atoms with van der Waals surface area (Å²) in [6.45, 7) is 10.7. The highest BCUT2D eigenvalue weighted by Crippen LogP contribution is 2.10. The fraction of sp³-hybridized carbons (Fsp3) is 0.542. The van der Waals surface area contributed by atoms with Crippen LogP contribution in [0.25, 0.3) is 0 Å². The number of nitrogens with one attached hydrogen (secondary N) is 2. The molecular formula is C24H42N2O4. The predicted octanol–water partition coefficient (Wildman–Crippen LogP) is 4.44. The average molecular weight is 423 g/mol. The Morgan fingerprint density at radius 2 is 1.83 bits per heavy atom. The van der Waals surface area contributed by atoms with E-state index in [4.69, 9.17) is 9.53 Å². The fourth-order valence-electron chi connectivity index (χ4n) is 2.23. The minimum atomic E-state index is -0.438. The molecule has 1 aliphatic heterocycles. The second kappa shape index (κ2) is 24.6. The van der Waals surface area contributed by atoms with Gasteiger partial charge >= 0.3 is 5.97 Å². The maximum atomic E-state index is 11.7. The van der Waals surface area contributed by atoms with Crippen molar-refractivity contribution >= 4 is 18.2 Å². The van der Waals surface area contributed by atoms with Crippen molar-refractivity contribution < 1.29 is 19.1 Å². The summed E-state index contributed by atoms with van der Waals surface area (Å²) in [6, 6.07) is 9.70. The average Bonchev–Trinajstić information content (AvgIpc) is 3.27. The molecule has 1 fully saturated rings. The lowest BCUT2D eigenvalue weighted by Crippen LogP contribution is -2.25. The molecule has 1 amide bonds. The van der Waals surface area contributed by atoms with E-state index in [1.807, 2.05) is 50.3 Å². The lowest BCUT2D eigenvalue weighted by molar-refractivity contribution is -0.147. The first-order chi connectivity index (χ1) is 14.1. The maximum Gasteiger partial charge on any atom is 0.313 e. The van der Waals surface area contributed by atoms with Gasteiger partial charge in [0.1, 0.15) is 18.8 Å². The third-order valence-corrected chi connectivity index (χ3v) is 3.63. The first-order valence-corrected chi connectivity index (χ1v) is 10.2. The molecule has 6 heteroatoms. The van der Waals surface area contributed by atoms with E-state index in [9.17, 15) is 9.59 Å². The molecule has 2 rings (SSSR count). The molecule has 1 aromatic rings. The first kappa shape index (κ1) is 32.2. The minimum Gasteiger partial charge on any atom is -0.460 e. The fourth-order valence-corrected chi connectivity index (χ4v) is 2.23. The zero-order valence-corrected chi connectivity index (χ0v) is 18.4. The number of esters is 1. The number of Topliss-reactive ketones (excluding diaryl/α,β-unsaturated/α-hetero) is 1. The number of rotatable bonds is 8. The Morgan fingerprint density at radius 1 is 1.27 bits per heavy atom. The molecule has 30 heavy (non-hydrogen) atoms. The van der Waals surface area contributed by atoms with Gasteiger partial charge in [0.25, 0.3) is 0 Å². The summed E-state index contributed by atoms with van der Waals surface area (Å²) < 4.78 is 5.08. The van der Waals surface area contributed by atoms with Crippen LogP contribution in [0.1, 0.15) is 65.9 Å². The molecule has 1 aliphatic rings. The smallest absolute Gasteiger partial charge is 0.313 e. The van der Waals surface area contributed by atoms with Gasteiger partial charge in [-0.15, -0.1) is 6.58 Å². The van der Waals surface area contributed by atoms with E-state index in [1.165, 1.54) is 0 Å². The van der Waals surface area contributed by atoms with Crippen LogP contribution in [0.15, 0.2) is 43.0 Å². The number of benzene rings is 1. The van der Waals surface area contributed by atoms with Gasteiger partial charge in [-0.05, 0) is 31.4 Å². The van der Waals surface area contributed by atoms with Crippen LogP contribution in [-0.4, -0.2) is 37.8 Å².